The summed E-state index contributed by atoms with van der Waals surface area (Å²) in [6.45, 7) is 6.27. The number of aliphatic hydroxyl groups is 1. The highest BCUT2D eigenvalue weighted by molar-refractivity contribution is 5.28. The van der Waals surface area contributed by atoms with Crippen molar-refractivity contribution >= 4 is 0 Å². The van der Waals surface area contributed by atoms with Crippen molar-refractivity contribution in [3.8, 4) is 5.75 Å². The minimum Gasteiger partial charge on any atom is -0.491 e. The first-order valence-corrected chi connectivity index (χ1v) is 8.61. The van der Waals surface area contributed by atoms with Crippen LogP contribution in [-0.4, -0.2) is 37.5 Å². The summed E-state index contributed by atoms with van der Waals surface area (Å²) in [5.41, 5.74) is 2.33. The molecule has 4 nitrogen and oxygen atoms in total. The van der Waals surface area contributed by atoms with Gasteiger partial charge in [-0.2, -0.15) is 0 Å². The zero-order valence-electron chi connectivity index (χ0n) is 14.6. The van der Waals surface area contributed by atoms with Crippen LogP contribution in [0.3, 0.4) is 0 Å². The second kappa shape index (κ2) is 11.4. The number of nitrogens with one attached hydrogen (secondary N) is 1. The molecule has 0 saturated heterocycles. The summed E-state index contributed by atoms with van der Waals surface area (Å²) in [6.07, 6.45) is 2.12. The predicted molar refractivity (Wildman–Crippen MR) is 101 cm³/mol. The van der Waals surface area contributed by atoms with Crippen LogP contribution in [0.2, 0.25) is 0 Å². The summed E-state index contributed by atoms with van der Waals surface area (Å²) in [5.74, 6) is 0.739. The van der Waals surface area contributed by atoms with Crippen molar-refractivity contribution in [2.24, 2.45) is 0 Å². The topological polar surface area (TPSA) is 50.7 Å². The Hall–Kier alpha value is -2.14. The first-order valence-electron chi connectivity index (χ1n) is 8.61. The lowest BCUT2D eigenvalue weighted by atomic mass is 10.1. The minimum atomic E-state index is -0.545. The summed E-state index contributed by atoms with van der Waals surface area (Å²) in [6, 6.07) is 18.0. The minimum absolute atomic E-state index is 0.259. The fraction of sp³-hybridized carbons (Fsp3) is 0.333. The van der Waals surface area contributed by atoms with Gasteiger partial charge in [-0.25, -0.2) is 0 Å². The maximum atomic E-state index is 10.0. The van der Waals surface area contributed by atoms with Gasteiger partial charge < -0.3 is 19.9 Å². The van der Waals surface area contributed by atoms with E-state index >= 15 is 0 Å². The molecule has 2 rings (SSSR count). The van der Waals surface area contributed by atoms with Crippen LogP contribution in [0.1, 0.15) is 11.1 Å². The van der Waals surface area contributed by atoms with Gasteiger partial charge in [0.05, 0.1) is 13.2 Å². The van der Waals surface area contributed by atoms with Crippen LogP contribution in [0.4, 0.5) is 0 Å². The Labute approximate surface area is 150 Å². The molecule has 1 unspecified atom stereocenters. The average Bonchev–Trinajstić information content (AvgIpc) is 2.65. The lowest BCUT2D eigenvalue weighted by Crippen LogP contribution is -2.32. The van der Waals surface area contributed by atoms with Crippen molar-refractivity contribution in [2.75, 3.05) is 26.3 Å². The van der Waals surface area contributed by atoms with E-state index < -0.39 is 6.10 Å². The third-order valence-corrected chi connectivity index (χ3v) is 3.66. The van der Waals surface area contributed by atoms with E-state index in [1.165, 1.54) is 5.56 Å². The van der Waals surface area contributed by atoms with Gasteiger partial charge in [-0.15, -0.1) is 6.58 Å². The Bertz CT molecular complexity index is 616. The molecular formula is C21H27NO3. The van der Waals surface area contributed by atoms with E-state index in [1.54, 1.807) is 6.08 Å². The van der Waals surface area contributed by atoms with Crippen LogP contribution in [0, 0.1) is 0 Å². The van der Waals surface area contributed by atoms with Crippen LogP contribution in [0.25, 0.3) is 0 Å². The predicted octanol–water partition coefficient (Wildman–Crippen LogP) is 2.96. The Morgan fingerprint density at radius 1 is 1.08 bits per heavy atom. The van der Waals surface area contributed by atoms with Gasteiger partial charge in [-0.1, -0.05) is 48.5 Å². The fourth-order valence-electron chi connectivity index (χ4n) is 2.38. The van der Waals surface area contributed by atoms with Crippen molar-refractivity contribution < 1.29 is 14.6 Å². The Morgan fingerprint density at radius 3 is 2.68 bits per heavy atom. The molecule has 2 aromatic rings. The molecule has 0 radical (unpaired) electrons. The molecule has 1 atom stereocenters. The Morgan fingerprint density at radius 2 is 1.88 bits per heavy atom. The third-order valence-electron chi connectivity index (χ3n) is 3.66. The van der Waals surface area contributed by atoms with Gasteiger partial charge in [-0.05, 0) is 36.2 Å². The summed E-state index contributed by atoms with van der Waals surface area (Å²) in [5, 5.41) is 13.3. The highest BCUT2D eigenvalue weighted by atomic mass is 16.5. The maximum absolute atomic E-state index is 10.0. The second-order valence-electron chi connectivity index (χ2n) is 5.86. The van der Waals surface area contributed by atoms with Gasteiger partial charge in [0.2, 0.25) is 0 Å². The van der Waals surface area contributed by atoms with Crippen molar-refractivity contribution in [2.45, 2.75) is 19.1 Å². The molecule has 0 aliphatic carbocycles. The molecule has 2 N–H and O–H groups in total. The normalized spacial score (nSPS) is 11.9. The van der Waals surface area contributed by atoms with E-state index in [0.717, 1.165) is 24.3 Å². The molecule has 0 spiro atoms. The molecule has 134 valence electrons. The molecule has 0 fully saturated rings. The molecule has 0 amide bonds. The molecule has 0 aliphatic heterocycles. The first kappa shape index (κ1) is 19.2. The standard InChI is InChI=1S/C21H27NO3/c1-2-13-24-16-19-9-6-10-21(14-19)25-17-20(23)15-22-12-11-18-7-4-3-5-8-18/h2-10,14,20,22-23H,1,11-13,15-17H2. The molecule has 0 aliphatic rings. The third kappa shape index (κ3) is 7.98. The van der Waals surface area contributed by atoms with E-state index in [-0.39, 0.29) is 6.61 Å². The summed E-state index contributed by atoms with van der Waals surface area (Å²) in [4.78, 5) is 0. The highest BCUT2D eigenvalue weighted by Gasteiger charge is 2.05. The molecule has 4 heteroatoms. The van der Waals surface area contributed by atoms with E-state index in [9.17, 15) is 5.11 Å². The number of hydrogen-bond donors (Lipinski definition) is 2. The van der Waals surface area contributed by atoms with Crippen LogP contribution < -0.4 is 10.1 Å². The Balaban J connectivity index is 1.63. The van der Waals surface area contributed by atoms with Crippen molar-refractivity contribution in [1.82, 2.24) is 5.32 Å². The van der Waals surface area contributed by atoms with Gasteiger partial charge in [0.25, 0.3) is 0 Å². The lowest BCUT2D eigenvalue weighted by molar-refractivity contribution is 0.106. The van der Waals surface area contributed by atoms with Crippen LogP contribution >= 0.6 is 0 Å². The molecule has 2 aromatic carbocycles. The second-order valence-corrected chi connectivity index (χ2v) is 5.86. The van der Waals surface area contributed by atoms with Gasteiger partial charge in [-0.3, -0.25) is 0 Å². The fourth-order valence-corrected chi connectivity index (χ4v) is 2.38. The van der Waals surface area contributed by atoms with E-state index in [1.807, 2.05) is 42.5 Å². The van der Waals surface area contributed by atoms with E-state index in [2.05, 4.69) is 24.0 Å². The van der Waals surface area contributed by atoms with Crippen LogP contribution in [0.5, 0.6) is 5.75 Å². The summed E-state index contributed by atoms with van der Waals surface area (Å²) < 4.78 is 11.1. The number of rotatable bonds is 12. The van der Waals surface area contributed by atoms with Gasteiger partial charge >= 0.3 is 0 Å². The zero-order valence-corrected chi connectivity index (χ0v) is 14.6. The van der Waals surface area contributed by atoms with Crippen LogP contribution in [0.15, 0.2) is 67.3 Å². The average molecular weight is 341 g/mol. The molecule has 0 saturated carbocycles. The first-order chi connectivity index (χ1) is 12.3. The number of aliphatic hydroxyl groups excluding tert-OH is 1. The van der Waals surface area contributed by atoms with Crippen LogP contribution in [-0.2, 0) is 17.8 Å². The quantitative estimate of drug-likeness (QED) is 0.460. The monoisotopic (exact) mass is 341 g/mol. The largest absolute Gasteiger partial charge is 0.491 e. The lowest BCUT2D eigenvalue weighted by Gasteiger charge is -2.14. The number of benzene rings is 2. The van der Waals surface area contributed by atoms with E-state index in [0.29, 0.717) is 19.8 Å². The number of ether oxygens (including phenoxy) is 2. The maximum Gasteiger partial charge on any atom is 0.119 e. The SMILES string of the molecule is C=CCOCc1cccc(OCC(O)CNCCc2ccccc2)c1. The molecule has 0 bridgehead atoms. The van der Waals surface area contributed by atoms with E-state index in [4.69, 9.17) is 9.47 Å². The van der Waals surface area contributed by atoms with Gasteiger partial charge in [0.1, 0.15) is 18.5 Å². The molecule has 0 heterocycles. The number of hydrogen-bond acceptors (Lipinski definition) is 4. The summed E-state index contributed by atoms with van der Waals surface area (Å²) in [7, 11) is 0. The van der Waals surface area contributed by atoms with Crippen molar-refractivity contribution in [3.05, 3.63) is 78.4 Å². The zero-order chi connectivity index (χ0) is 17.7. The van der Waals surface area contributed by atoms with Gasteiger partial charge in [0.15, 0.2) is 0 Å². The highest BCUT2D eigenvalue weighted by Crippen LogP contribution is 2.14. The Kier molecular flexibility index (Phi) is 8.77. The molecular weight excluding hydrogens is 314 g/mol. The summed E-state index contributed by atoms with van der Waals surface area (Å²) >= 11 is 0. The molecule has 25 heavy (non-hydrogen) atoms. The van der Waals surface area contributed by atoms with Crippen molar-refractivity contribution in [3.63, 3.8) is 0 Å². The van der Waals surface area contributed by atoms with Crippen molar-refractivity contribution in [1.29, 1.82) is 0 Å². The van der Waals surface area contributed by atoms with Gasteiger partial charge in [0, 0.05) is 6.54 Å². The molecule has 0 aromatic heterocycles. The smallest absolute Gasteiger partial charge is 0.119 e.